The Balaban J connectivity index is 1.34. The summed E-state index contributed by atoms with van der Waals surface area (Å²) < 4.78 is 34.4. The Morgan fingerprint density at radius 1 is 1.12 bits per heavy atom. The molecule has 0 atom stereocenters. The fourth-order valence-corrected chi connectivity index (χ4v) is 5.92. The van der Waals surface area contributed by atoms with Crippen LogP contribution in [0.15, 0.2) is 41.9 Å². The third-order valence-electron chi connectivity index (χ3n) is 6.58. The maximum Gasteiger partial charge on any atom is 0.244 e. The Bertz CT molecular complexity index is 1130. The molecule has 2 fully saturated rings. The van der Waals surface area contributed by atoms with Crippen LogP contribution in [0.2, 0.25) is 0 Å². The zero-order valence-electron chi connectivity index (χ0n) is 19.9. The molecule has 2 aromatic rings. The number of sulfonamides is 1. The largest absolute Gasteiger partial charge is 0.379 e. The number of aromatic nitrogens is 2. The number of carbonyl (C=O) groups is 1. The second-order valence-electron chi connectivity index (χ2n) is 8.74. The molecule has 2 aromatic heterocycles. The molecular weight excluding hydrogens is 454 g/mol. The van der Waals surface area contributed by atoms with Gasteiger partial charge in [0.2, 0.25) is 10.0 Å². The fraction of sp³-hybridized carbons (Fsp3) is 0.500. The minimum atomic E-state index is -3.55. The van der Waals surface area contributed by atoms with E-state index in [2.05, 4.69) is 25.9 Å². The first-order valence-electron chi connectivity index (χ1n) is 11.6. The van der Waals surface area contributed by atoms with Crippen LogP contribution in [0.4, 0.5) is 5.82 Å². The zero-order valence-corrected chi connectivity index (χ0v) is 20.8. The summed E-state index contributed by atoms with van der Waals surface area (Å²) >= 11 is 0. The Kier molecular flexibility index (Phi) is 7.51. The highest BCUT2D eigenvalue weighted by atomic mass is 32.2. The van der Waals surface area contributed by atoms with Gasteiger partial charge in [0.05, 0.1) is 19.8 Å². The number of ketones is 1. The van der Waals surface area contributed by atoms with Crippen molar-refractivity contribution in [1.82, 2.24) is 18.8 Å². The number of allylic oxidation sites excluding steroid dienone is 1. The number of pyridine rings is 1. The topological polar surface area (TPSA) is 88.0 Å². The molecule has 2 aliphatic heterocycles. The molecule has 2 saturated heterocycles. The van der Waals surface area contributed by atoms with E-state index < -0.39 is 10.0 Å². The van der Waals surface area contributed by atoms with Gasteiger partial charge in [-0.25, -0.2) is 13.4 Å². The molecule has 0 saturated carbocycles. The van der Waals surface area contributed by atoms with E-state index in [-0.39, 0.29) is 10.7 Å². The maximum absolute atomic E-state index is 12.9. The summed E-state index contributed by atoms with van der Waals surface area (Å²) in [7, 11) is -3.55. The summed E-state index contributed by atoms with van der Waals surface area (Å²) in [5, 5.41) is 0. The Labute approximate surface area is 201 Å². The van der Waals surface area contributed by atoms with Gasteiger partial charge in [0.1, 0.15) is 10.7 Å². The van der Waals surface area contributed by atoms with Crippen molar-refractivity contribution in [2.24, 2.45) is 0 Å². The molecule has 4 rings (SSSR count). The molecule has 0 unspecified atom stereocenters. The molecule has 0 spiro atoms. The van der Waals surface area contributed by atoms with Crippen LogP contribution in [-0.4, -0.2) is 92.0 Å². The first kappa shape index (κ1) is 24.6. The Morgan fingerprint density at radius 3 is 2.44 bits per heavy atom. The molecule has 9 nitrogen and oxygen atoms in total. The molecule has 0 N–H and O–H groups in total. The quantitative estimate of drug-likeness (QED) is 0.414. The number of nitrogens with zero attached hydrogens (tertiary/aromatic N) is 5. The molecule has 2 aliphatic rings. The molecule has 0 bridgehead atoms. The monoisotopic (exact) mass is 487 g/mol. The van der Waals surface area contributed by atoms with Crippen molar-refractivity contribution in [2.45, 2.75) is 25.3 Å². The van der Waals surface area contributed by atoms with Gasteiger partial charge in [0.15, 0.2) is 5.78 Å². The maximum atomic E-state index is 12.9. The average molecular weight is 488 g/mol. The van der Waals surface area contributed by atoms with Crippen molar-refractivity contribution < 1.29 is 17.9 Å². The molecule has 34 heavy (non-hydrogen) atoms. The highest BCUT2D eigenvalue weighted by molar-refractivity contribution is 7.89. The van der Waals surface area contributed by atoms with Crippen molar-refractivity contribution >= 4 is 21.6 Å². The molecular formula is C24H33N5O4S. The van der Waals surface area contributed by atoms with Gasteiger partial charge in [-0.2, -0.15) is 4.31 Å². The summed E-state index contributed by atoms with van der Waals surface area (Å²) in [6.07, 6.45) is 3.28. The normalized spacial score (nSPS) is 18.2. The van der Waals surface area contributed by atoms with Crippen molar-refractivity contribution in [1.29, 1.82) is 0 Å². The van der Waals surface area contributed by atoms with E-state index in [9.17, 15) is 13.2 Å². The summed E-state index contributed by atoms with van der Waals surface area (Å²) in [5.41, 5.74) is 2.83. The number of rotatable bonds is 8. The van der Waals surface area contributed by atoms with Gasteiger partial charge in [-0.05, 0) is 32.0 Å². The van der Waals surface area contributed by atoms with Crippen molar-refractivity contribution in [3.8, 4) is 0 Å². The second kappa shape index (κ2) is 10.4. The third-order valence-corrected chi connectivity index (χ3v) is 8.46. The lowest BCUT2D eigenvalue weighted by Gasteiger charge is -2.35. The predicted octanol–water partition coefficient (Wildman–Crippen LogP) is 1.71. The summed E-state index contributed by atoms with van der Waals surface area (Å²) in [5.74, 6) is 0.882. The van der Waals surface area contributed by atoms with E-state index in [1.165, 1.54) is 10.5 Å². The minimum absolute atomic E-state index is 0.132. The van der Waals surface area contributed by atoms with Crippen LogP contribution in [0.25, 0.3) is 0 Å². The Hall–Kier alpha value is -2.53. The number of ether oxygens (including phenoxy) is 1. The van der Waals surface area contributed by atoms with Crippen LogP contribution >= 0.6 is 0 Å². The Morgan fingerprint density at radius 2 is 1.82 bits per heavy atom. The molecule has 0 radical (unpaired) electrons. The number of aryl methyl sites for hydroxylation is 1. The number of hydrogen-bond acceptors (Lipinski definition) is 7. The van der Waals surface area contributed by atoms with Gasteiger partial charge < -0.3 is 14.2 Å². The van der Waals surface area contributed by atoms with E-state index in [1.54, 1.807) is 12.1 Å². The smallest absolute Gasteiger partial charge is 0.244 e. The number of piperazine rings is 1. The SMILES string of the molecule is C=CCn1c(C)cc(C(=O)CN2CCN(c3ccc(S(=O)(=O)N4CCOCC4)cn3)CC2)c1C. The zero-order chi connectivity index (χ0) is 24.3. The van der Waals surface area contributed by atoms with Crippen LogP contribution in [0, 0.1) is 13.8 Å². The number of carbonyl (C=O) groups excluding carboxylic acids is 1. The van der Waals surface area contributed by atoms with Gasteiger partial charge in [0.25, 0.3) is 0 Å². The number of anilines is 1. The standard InChI is InChI=1S/C24H33N5O4S/c1-4-7-29-19(2)16-22(20(29)3)23(30)18-26-8-10-27(11-9-26)24-6-5-21(17-25-24)34(31,32)28-12-14-33-15-13-28/h4-6,16-17H,1,7-15,18H2,2-3H3. The summed E-state index contributed by atoms with van der Waals surface area (Å²) in [6, 6.07) is 5.36. The van der Waals surface area contributed by atoms with Crippen LogP contribution in [0.1, 0.15) is 21.7 Å². The fourth-order valence-electron chi connectivity index (χ4n) is 4.56. The first-order chi connectivity index (χ1) is 16.3. The molecule has 0 aromatic carbocycles. The van der Waals surface area contributed by atoms with E-state index in [0.29, 0.717) is 39.4 Å². The lowest BCUT2D eigenvalue weighted by atomic mass is 10.1. The van der Waals surface area contributed by atoms with E-state index in [1.807, 2.05) is 26.0 Å². The summed E-state index contributed by atoms with van der Waals surface area (Å²) in [6.45, 7) is 13.4. The molecule has 4 heterocycles. The highest BCUT2D eigenvalue weighted by Crippen LogP contribution is 2.21. The van der Waals surface area contributed by atoms with Gasteiger partial charge >= 0.3 is 0 Å². The van der Waals surface area contributed by atoms with Gasteiger partial charge in [-0.1, -0.05) is 6.08 Å². The van der Waals surface area contributed by atoms with Crippen LogP contribution < -0.4 is 4.90 Å². The van der Waals surface area contributed by atoms with Gasteiger partial charge in [0, 0.05) is 69.0 Å². The van der Waals surface area contributed by atoms with Crippen LogP contribution in [0.3, 0.4) is 0 Å². The average Bonchev–Trinajstić information content (AvgIpc) is 3.14. The molecule has 0 aliphatic carbocycles. The minimum Gasteiger partial charge on any atom is -0.379 e. The first-order valence-corrected chi connectivity index (χ1v) is 13.1. The van der Waals surface area contributed by atoms with E-state index >= 15 is 0 Å². The van der Waals surface area contributed by atoms with Gasteiger partial charge in [-0.3, -0.25) is 9.69 Å². The van der Waals surface area contributed by atoms with Crippen molar-refractivity contribution in [3.63, 3.8) is 0 Å². The summed E-state index contributed by atoms with van der Waals surface area (Å²) in [4.78, 5) is 21.9. The molecule has 10 heteroatoms. The number of morpholine rings is 1. The van der Waals surface area contributed by atoms with E-state index in [0.717, 1.165) is 48.9 Å². The van der Waals surface area contributed by atoms with Gasteiger partial charge in [-0.15, -0.1) is 6.58 Å². The lowest BCUT2D eigenvalue weighted by Crippen LogP contribution is -2.48. The third kappa shape index (κ3) is 5.10. The van der Waals surface area contributed by atoms with Crippen LogP contribution in [0.5, 0.6) is 0 Å². The van der Waals surface area contributed by atoms with E-state index in [4.69, 9.17) is 4.74 Å². The highest BCUT2D eigenvalue weighted by Gasteiger charge is 2.27. The van der Waals surface area contributed by atoms with Crippen molar-refractivity contribution in [3.05, 3.63) is 54.0 Å². The number of hydrogen-bond donors (Lipinski definition) is 0. The van der Waals surface area contributed by atoms with Crippen molar-refractivity contribution in [2.75, 3.05) is 63.9 Å². The lowest BCUT2D eigenvalue weighted by molar-refractivity contribution is 0.0730. The second-order valence-corrected chi connectivity index (χ2v) is 10.7. The molecule has 0 amide bonds. The van der Waals surface area contributed by atoms with Crippen LogP contribution in [-0.2, 0) is 21.3 Å². The number of Topliss-reactive ketones (excluding diaryl/α,β-unsaturated/α-hetero) is 1. The predicted molar refractivity (Wildman–Crippen MR) is 131 cm³/mol. The molecule has 184 valence electrons.